The van der Waals surface area contributed by atoms with Crippen LogP contribution in [0.4, 0.5) is 9.18 Å². The van der Waals surface area contributed by atoms with Crippen molar-refractivity contribution >= 4 is 6.09 Å². The molecule has 0 aromatic rings. The fourth-order valence-electron chi connectivity index (χ4n) is 1.37. The largest absolute Gasteiger partial charge is 0.446 e. The molecular weight excluding hydrogens is 197 g/mol. The maximum Gasteiger partial charge on any atom is 0.407 e. The molecule has 0 aliphatic heterocycles. The van der Waals surface area contributed by atoms with Crippen molar-refractivity contribution in [3.05, 3.63) is 11.9 Å². The van der Waals surface area contributed by atoms with Crippen molar-refractivity contribution in [1.82, 2.24) is 5.32 Å². The molecule has 1 rings (SSSR count). The van der Waals surface area contributed by atoms with Gasteiger partial charge in [0.25, 0.3) is 0 Å². The molecule has 0 spiro atoms. The van der Waals surface area contributed by atoms with Crippen LogP contribution in [-0.2, 0) is 4.74 Å². The van der Waals surface area contributed by atoms with E-state index in [0.717, 1.165) is 0 Å². The van der Waals surface area contributed by atoms with Crippen LogP contribution in [0.25, 0.3) is 0 Å². The van der Waals surface area contributed by atoms with Gasteiger partial charge in [-0.3, -0.25) is 0 Å². The first-order chi connectivity index (χ1) is 6.87. The highest BCUT2D eigenvalue weighted by Crippen LogP contribution is 2.21. The SMILES string of the molecule is CC(C)(C)NC(=O)OC1CC=C(F)CC1. The van der Waals surface area contributed by atoms with Crippen molar-refractivity contribution in [2.24, 2.45) is 0 Å². The number of amides is 1. The van der Waals surface area contributed by atoms with E-state index in [1.54, 1.807) is 0 Å². The van der Waals surface area contributed by atoms with E-state index in [1.807, 2.05) is 20.8 Å². The quantitative estimate of drug-likeness (QED) is 0.730. The molecule has 0 radical (unpaired) electrons. The average Bonchev–Trinajstić information content (AvgIpc) is 2.05. The van der Waals surface area contributed by atoms with Gasteiger partial charge in [-0.1, -0.05) is 0 Å². The highest BCUT2D eigenvalue weighted by Gasteiger charge is 2.21. The Balaban J connectivity index is 2.33. The smallest absolute Gasteiger partial charge is 0.407 e. The summed E-state index contributed by atoms with van der Waals surface area (Å²) in [5.74, 6) is -0.105. The third-order valence-electron chi connectivity index (χ3n) is 2.06. The molecule has 1 aliphatic carbocycles. The summed E-state index contributed by atoms with van der Waals surface area (Å²) in [6, 6.07) is 0. The van der Waals surface area contributed by atoms with Crippen molar-refractivity contribution in [3.63, 3.8) is 0 Å². The summed E-state index contributed by atoms with van der Waals surface area (Å²) < 4.78 is 17.8. The van der Waals surface area contributed by atoms with Gasteiger partial charge in [0.2, 0.25) is 0 Å². The standard InChI is InChI=1S/C11H18FNO2/c1-11(2,3)13-10(14)15-9-6-4-8(12)5-7-9/h4,9H,5-7H2,1-3H3,(H,13,14). The molecule has 1 atom stereocenters. The molecule has 4 heteroatoms. The summed E-state index contributed by atoms with van der Waals surface area (Å²) in [5, 5.41) is 2.70. The van der Waals surface area contributed by atoms with Crippen molar-refractivity contribution in [1.29, 1.82) is 0 Å². The number of halogens is 1. The lowest BCUT2D eigenvalue weighted by Gasteiger charge is -2.24. The maximum absolute atomic E-state index is 12.7. The van der Waals surface area contributed by atoms with E-state index in [4.69, 9.17) is 4.74 Å². The molecule has 15 heavy (non-hydrogen) atoms. The Morgan fingerprint density at radius 3 is 2.73 bits per heavy atom. The topological polar surface area (TPSA) is 38.3 Å². The number of nitrogens with one attached hydrogen (secondary N) is 1. The van der Waals surface area contributed by atoms with E-state index in [9.17, 15) is 9.18 Å². The lowest BCUT2D eigenvalue weighted by molar-refractivity contribution is 0.0838. The first-order valence-corrected chi connectivity index (χ1v) is 5.20. The molecular formula is C11H18FNO2. The second-order valence-electron chi connectivity index (χ2n) is 4.83. The summed E-state index contributed by atoms with van der Waals surface area (Å²) >= 11 is 0. The number of hydrogen-bond donors (Lipinski definition) is 1. The van der Waals surface area contributed by atoms with Gasteiger partial charge in [-0.2, -0.15) is 0 Å². The average molecular weight is 215 g/mol. The fourth-order valence-corrected chi connectivity index (χ4v) is 1.37. The molecule has 1 aliphatic rings. The molecule has 3 nitrogen and oxygen atoms in total. The van der Waals surface area contributed by atoms with Crippen molar-refractivity contribution < 1.29 is 13.9 Å². The van der Waals surface area contributed by atoms with Crippen LogP contribution >= 0.6 is 0 Å². The molecule has 0 fully saturated rings. The molecule has 1 amide bonds. The molecule has 0 aromatic carbocycles. The number of carbonyl (C=O) groups excluding carboxylic acids is 1. The predicted molar refractivity (Wildman–Crippen MR) is 56.2 cm³/mol. The molecule has 0 bridgehead atoms. The van der Waals surface area contributed by atoms with Crippen LogP contribution in [0.1, 0.15) is 40.0 Å². The van der Waals surface area contributed by atoms with Crippen LogP contribution in [0.5, 0.6) is 0 Å². The zero-order valence-electron chi connectivity index (χ0n) is 9.47. The van der Waals surface area contributed by atoms with Crippen LogP contribution in [0.3, 0.4) is 0 Å². The van der Waals surface area contributed by atoms with Crippen molar-refractivity contribution in [2.75, 3.05) is 0 Å². The van der Waals surface area contributed by atoms with Gasteiger partial charge in [-0.05, 0) is 33.3 Å². The number of rotatable bonds is 1. The van der Waals surface area contributed by atoms with Crippen LogP contribution < -0.4 is 5.32 Å². The van der Waals surface area contributed by atoms with Gasteiger partial charge in [-0.15, -0.1) is 0 Å². The van der Waals surface area contributed by atoms with E-state index in [1.165, 1.54) is 6.08 Å². The Hall–Kier alpha value is -1.06. The minimum absolute atomic E-state index is 0.105. The second kappa shape index (κ2) is 4.64. The zero-order chi connectivity index (χ0) is 11.5. The van der Waals surface area contributed by atoms with Crippen LogP contribution in [0.15, 0.2) is 11.9 Å². The first kappa shape index (κ1) is 12.0. The summed E-state index contributed by atoms with van der Waals surface area (Å²) in [6.07, 6.45) is 2.28. The van der Waals surface area contributed by atoms with Crippen LogP contribution in [-0.4, -0.2) is 17.7 Å². The van der Waals surface area contributed by atoms with Gasteiger partial charge >= 0.3 is 6.09 Å². The summed E-state index contributed by atoms with van der Waals surface area (Å²) in [6.45, 7) is 5.65. The molecule has 0 heterocycles. The molecule has 0 saturated heterocycles. The summed E-state index contributed by atoms with van der Waals surface area (Å²) in [4.78, 5) is 11.4. The Kier molecular flexibility index (Phi) is 3.72. The van der Waals surface area contributed by atoms with E-state index in [-0.39, 0.29) is 17.5 Å². The third-order valence-corrected chi connectivity index (χ3v) is 2.06. The number of hydrogen-bond acceptors (Lipinski definition) is 2. The molecule has 86 valence electrons. The van der Waals surface area contributed by atoms with Crippen molar-refractivity contribution in [2.45, 2.75) is 51.7 Å². The van der Waals surface area contributed by atoms with E-state index in [0.29, 0.717) is 19.3 Å². The Bertz CT molecular complexity index is 268. The van der Waals surface area contributed by atoms with Crippen molar-refractivity contribution in [3.8, 4) is 0 Å². The monoisotopic (exact) mass is 215 g/mol. The fraction of sp³-hybridized carbons (Fsp3) is 0.727. The summed E-state index contributed by atoms with van der Waals surface area (Å²) in [7, 11) is 0. The van der Waals surface area contributed by atoms with E-state index >= 15 is 0 Å². The van der Waals surface area contributed by atoms with Gasteiger partial charge in [0, 0.05) is 18.4 Å². The Labute approximate surface area is 89.7 Å². The predicted octanol–water partition coefficient (Wildman–Crippen LogP) is 2.92. The zero-order valence-corrected chi connectivity index (χ0v) is 9.47. The minimum Gasteiger partial charge on any atom is -0.446 e. The normalized spacial score (nSPS) is 21.9. The third kappa shape index (κ3) is 4.81. The second-order valence-corrected chi connectivity index (χ2v) is 4.83. The van der Waals surface area contributed by atoms with Gasteiger partial charge in [-0.25, -0.2) is 9.18 Å². The highest BCUT2D eigenvalue weighted by molar-refractivity contribution is 5.68. The highest BCUT2D eigenvalue weighted by atomic mass is 19.1. The lowest BCUT2D eigenvalue weighted by atomic mass is 10.0. The molecule has 1 unspecified atom stereocenters. The number of alkyl carbamates (subject to hydrolysis) is 1. The van der Waals surface area contributed by atoms with Crippen LogP contribution in [0, 0.1) is 0 Å². The van der Waals surface area contributed by atoms with E-state index in [2.05, 4.69) is 5.32 Å². The molecule has 0 saturated carbocycles. The number of carbonyl (C=O) groups is 1. The maximum atomic E-state index is 12.7. The lowest BCUT2D eigenvalue weighted by Crippen LogP contribution is -2.42. The molecule has 1 N–H and O–H groups in total. The summed E-state index contributed by atoms with van der Waals surface area (Å²) in [5.41, 5.74) is -0.299. The number of allylic oxidation sites excluding steroid dienone is 1. The number of ether oxygens (including phenoxy) is 1. The van der Waals surface area contributed by atoms with Gasteiger partial charge in [0.15, 0.2) is 0 Å². The van der Waals surface area contributed by atoms with E-state index < -0.39 is 6.09 Å². The van der Waals surface area contributed by atoms with Gasteiger partial charge in [0.05, 0.1) is 5.83 Å². The Morgan fingerprint density at radius 1 is 1.60 bits per heavy atom. The first-order valence-electron chi connectivity index (χ1n) is 5.20. The molecule has 0 aromatic heterocycles. The Morgan fingerprint density at radius 2 is 2.27 bits per heavy atom. The van der Waals surface area contributed by atoms with Gasteiger partial charge < -0.3 is 10.1 Å². The van der Waals surface area contributed by atoms with Gasteiger partial charge in [0.1, 0.15) is 6.10 Å². The van der Waals surface area contributed by atoms with Crippen LogP contribution in [0.2, 0.25) is 0 Å². The minimum atomic E-state index is -0.428.